The maximum absolute atomic E-state index is 12.3. The molecule has 0 bridgehead atoms. The number of ether oxygens (including phenoxy) is 3. The average Bonchev–Trinajstić information content (AvgIpc) is 3.24. The van der Waals surface area contributed by atoms with Gasteiger partial charge in [0.25, 0.3) is 5.89 Å². The van der Waals surface area contributed by atoms with E-state index in [2.05, 4.69) is 10.2 Å². The minimum Gasteiger partial charge on any atom is -0.497 e. The van der Waals surface area contributed by atoms with Crippen molar-refractivity contribution in [2.24, 2.45) is 0 Å². The highest BCUT2D eigenvalue weighted by atomic mass is 16.6. The molecule has 148 valence electrons. The predicted molar refractivity (Wildman–Crippen MR) is 102 cm³/mol. The number of carbonyl (C=O) groups excluding carboxylic acids is 1. The molecule has 8 nitrogen and oxygen atoms in total. The number of carbonyl (C=O) groups is 1. The van der Waals surface area contributed by atoms with Crippen molar-refractivity contribution in [3.05, 3.63) is 60.0 Å². The van der Waals surface area contributed by atoms with E-state index in [1.807, 2.05) is 6.07 Å². The van der Waals surface area contributed by atoms with Crippen LogP contribution >= 0.6 is 0 Å². The third kappa shape index (κ3) is 4.90. The van der Waals surface area contributed by atoms with Crippen molar-refractivity contribution in [1.29, 1.82) is 5.26 Å². The zero-order valence-corrected chi connectivity index (χ0v) is 16.2. The van der Waals surface area contributed by atoms with Gasteiger partial charge in [0.2, 0.25) is 5.89 Å². The Hall–Kier alpha value is -3.86. The molecule has 8 heteroatoms. The van der Waals surface area contributed by atoms with E-state index >= 15 is 0 Å². The fourth-order valence-electron chi connectivity index (χ4n) is 2.43. The lowest BCUT2D eigenvalue weighted by Crippen LogP contribution is -2.27. The summed E-state index contributed by atoms with van der Waals surface area (Å²) < 4.78 is 21.7. The maximum Gasteiger partial charge on any atom is 0.347 e. The lowest BCUT2D eigenvalue weighted by Gasteiger charge is -2.16. The minimum atomic E-state index is -0.852. The molecular formula is C21H19N3O5. The number of hydrogen-bond acceptors (Lipinski definition) is 8. The Labute approximate surface area is 167 Å². The zero-order valence-electron chi connectivity index (χ0n) is 16.2. The van der Waals surface area contributed by atoms with E-state index in [-0.39, 0.29) is 5.89 Å². The number of esters is 1. The molecule has 0 radical (unpaired) electrons. The van der Waals surface area contributed by atoms with Crippen LogP contribution in [0.3, 0.4) is 0 Å². The van der Waals surface area contributed by atoms with Crippen molar-refractivity contribution >= 4 is 5.97 Å². The van der Waals surface area contributed by atoms with Gasteiger partial charge in [0.1, 0.15) is 11.5 Å². The molecular weight excluding hydrogens is 374 g/mol. The first-order valence-electron chi connectivity index (χ1n) is 8.85. The topological polar surface area (TPSA) is 107 Å². The highest BCUT2D eigenvalue weighted by Crippen LogP contribution is 2.24. The summed E-state index contributed by atoms with van der Waals surface area (Å²) in [6.07, 6.45) is -1.59. The second-order valence-corrected chi connectivity index (χ2v) is 6.15. The van der Waals surface area contributed by atoms with Gasteiger partial charge in [-0.2, -0.15) is 5.26 Å². The molecule has 2 aromatic carbocycles. The Morgan fingerprint density at radius 3 is 2.31 bits per heavy atom. The van der Waals surface area contributed by atoms with Crippen molar-refractivity contribution in [1.82, 2.24) is 10.2 Å². The molecule has 0 saturated carbocycles. The van der Waals surface area contributed by atoms with Gasteiger partial charge in [0.05, 0.1) is 18.7 Å². The lowest BCUT2D eigenvalue weighted by molar-refractivity contribution is -0.157. The van der Waals surface area contributed by atoms with Crippen LogP contribution in [-0.2, 0) is 9.53 Å². The maximum atomic E-state index is 12.3. The van der Waals surface area contributed by atoms with Crippen LogP contribution in [0.4, 0.5) is 0 Å². The van der Waals surface area contributed by atoms with Crippen LogP contribution in [0.25, 0.3) is 11.5 Å². The first-order chi connectivity index (χ1) is 14.0. The van der Waals surface area contributed by atoms with Gasteiger partial charge >= 0.3 is 5.97 Å². The molecule has 29 heavy (non-hydrogen) atoms. The van der Waals surface area contributed by atoms with Crippen LogP contribution in [0.2, 0.25) is 0 Å². The summed E-state index contributed by atoms with van der Waals surface area (Å²) in [5.74, 6) is 1.08. The van der Waals surface area contributed by atoms with Crippen LogP contribution in [0.1, 0.15) is 31.4 Å². The van der Waals surface area contributed by atoms with Crippen molar-refractivity contribution in [2.75, 3.05) is 7.11 Å². The molecule has 0 fully saturated rings. The molecule has 0 unspecified atom stereocenters. The van der Waals surface area contributed by atoms with E-state index in [4.69, 9.17) is 23.9 Å². The van der Waals surface area contributed by atoms with Gasteiger partial charge in [-0.1, -0.05) is 0 Å². The fraction of sp³-hybridized carbons (Fsp3) is 0.238. The molecule has 0 aliphatic rings. The minimum absolute atomic E-state index is 0.176. The van der Waals surface area contributed by atoms with Crippen LogP contribution in [0.15, 0.2) is 52.9 Å². The van der Waals surface area contributed by atoms with Crippen molar-refractivity contribution in [3.8, 4) is 29.0 Å². The van der Waals surface area contributed by atoms with E-state index in [1.165, 1.54) is 0 Å². The van der Waals surface area contributed by atoms with Gasteiger partial charge in [0, 0.05) is 5.56 Å². The highest BCUT2D eigenvalue weighted by molar-refractivity contribution is 5.74. The van der Waals surface area contributed by atoms with Gasteiger partial charge in [-0.15, -0.1) is 10.2 Å². The number of nitriles is 1. The third-order valence-electron chi connectivity index (χ3n) is 4.05. The molecule has 1 aromatic heterocycles. The van der Waals surface area contributed by atoms with Gasteiger partial charge < -0.3 is 18.6 Å². The molecule has 0 aliphatic heterocycles. The number of methoxy groups -OCH3 is 1. The van der Waals surface area contributed by atoms with Gasteiger partial charge in [-0.05, 0) is 62.4 Å². The predicted octanol–water partition coefficient (Wildman–Crippen LogP) is 3.69. The van der Waals surface area contributed by atoms with Crippen LogP contribution < -0.4 is 9.47 Å². The molecule has 0 saturated heterocycles. The van der Waals surface area contributed by atoms with E-state index < -0.39 is 18.2 Å². The third-order valence-corrected chi connectivity index (χ3v) is 4.05. The first-order valence-corrected chi connectivity index (χ1v) is 8.85. The largest absolute Gasteiger partial charge is 0.497 e. The van der Waals surface area contributed by atoms with Crippen LogP contribution in [-0.4, -0.2) is 29.4 Å². The summed E-state index contributed by atoms with van der Waals surface area (Å²) in [6, 6.07) is 15.6. The van der Waals surface area contributed by atoms with E-state index in [9.17, 15) is 4.79 Å². The number of aromatic nitrogens is 2. The quantitative estimate of drug-likeness (QED) is 0.559. The lowest BCUT2D eigenvalue weighted by atomic mass is 10.2. The molecule has 3 rings (SSSR count). The molecule has 1 heterocycles. The summed E-state index contributed by atoms with van der Waals surface area (Å²) >= 11 is 0. The van der Waals surface area contributed by atoms with E-state index in [0.717, 1.165) is 5.56 Å². The first kappa shape index (κ1) is 19.9. The summed E-state index contributed by atoms with van der Waals surface area (Å²) in [4.78, 5) is 12.3. The number of hydrogen-bond donors (Lipinski definition) is 0. The second-order valence-electron chi connectivity index (χ2n) is 6.15. The van der Waals surface area contributed by atoms with Crippen molar-refractivity contribution in [2.45, 2.75) is 26.1 Å². The Balaban J connectivity index is 1.60. The molecule has 0 spiro atoms. The summed E-state index contributed by atoms with van der Waals surface area (Å²) in [6.45, 7) is 3.21. The molecule has 0 aliphatic carbocycles. The smallest absolute Gasteiger partial charge is 0.347 e. The molecule has 2 atom stereocenters. The fourth-order valence-corrected chi connectivity index (χ4v) is 2.43. The summed E-state index contributed by atoms with van der Waals surface area (Å²) in [5, 5.41) is 16.8. The number of nitrogens with zero attached hydrogens (tertiary/aromatic N) is 3. The van der Waals surface area contributed by atoms with E-state index in [1.54, 1.807) is 69.5 Å². The van der Waals surface area contributed by atoms with Gasteiger partial charge in [-0.25, -0.2) is 4.79 Å². The van der Waals surface area contributed by atoms with E-state index in [0.29, 0.717) is 23.0 Å². The Bertz CT molecular complexity index is 1010. The molecule has 3 aromatic rings. The zero-order chi connectivity index (χ0) is 20.8. The van der Waals surface area contributed by atoms with Crippen molar-refractivity contribution in [3.63, 3.8) is 0 Å². The monoisotopic (exact) mass is 393 g/mol. The summed E-state index contributed by atoms with van der Waals surface area (Å²) in [7, 11) is 1.59. The van der Waals surface area contributed by atoms with Crippen LogP contribution in [0, 0.1) is 11.3 Å². The molecule has 0 amide bonds. The highest BCUT2D eigenvalue weighted by Gasteiger charge is 2.23. The molecule has 0 N–H and O–H groups in total. The average molecular weight is 393 g/mol. The Morgan fingerprint density at radius 1 is 1.03 bits per heavy atom. The van der Waals surface area contributed by atoms with Crippen molar-refractivity contribution < 1.29 is 23.4 Å². The standard InChI is InChI=1S/C21H19N3O5/c1-13(19-23-24-20(29-19)16-6-10-17(26-3)11-7-16)28-21(25)14(2)27-18-8-4-15(12-22)5-9-18/h4-11,13-14H,1-3H3/t13-,14-/m0/s1. The number of rotatable bonds is 7. The SMILES string of the molecule is COc1ccc(-c2nnc([C@H](C)OC(=O)[C@H](C)Oc3ccc(C#N)cc3)o2)cc1. The number of benzene rings is 2. The summed E-state index contributed by atoms with van der Waals surface area (Å²) in [5.41, 5.74) is 1.23. The Morgan fingerprint density at radius 2 is 1.69 bits per heavy atom. The van der Waals surface area contributed by atoms with Gasteiger partial charge in [-0.3, -0.25) is 0 Å². The second kappa shape index (κ2) is 8.89. The van der Waals surface area contributed by atoms with Gasteiger partial charge in [0.15, 0.2) is 12.2 Å². The normalized spacial score (nSPS) is 12.5. The van der Waals surface area contributed by atoms with Crippen LogP contribution in [0.5, 0.6) is 11.5 Å². The Kier molecular flexibility index (Phi) is 6.09.